The quantitative estimate of drug-likeness (QED) is 0.594. The molecular weight excluding hydrogens is 302 g/mol. The van der Waals surface area contributed by atoms with E-state index in [0.717, 1.165) is 27.8 Å². The number of ether oxygens (including phenoxy) is 1. The minimum absolute atomic E-state index is 0.438. The van der Waals surface area contributed by atoms with Gasteiger partial charge in [-0.15, -0.1) is 0 Å². The van der Waals surface area contributed by atoms with E-state index in [9.17, 15) is 0 Å². The second-order valence-electron chi connectivity index (χ2n) is 5.32. The first-order valence-corrected chi connectivity index (χ1v) is 7.53. The normalized spacial score (nSPS) is 10.7. The Hall–Kier alpha value is -3.34. The highest BCUT2D eigenvalue weighted by Crippen LogP contribution is 2.28. The number of benzene rings is 2. The van der Waals surface area contributed by atoms with Crippen molar-refractivity contribution >= 4 is 22.5 Å². The third-order valence-electron chi connectivity index (χ3n) is 3.75. The molecule has 0 aliphatic rings. The maximum Gasteiger partial charge on any atom is 0.299 e. The summed E-state index contributed by atoms with van der Waals surface area (Å²) in [4.78, 5) is 8.42. The number of rotatable bonds is 4. The molecule has 2 aromatic heterocycles. The second kappa shape index (κ2) is 6.04. The fourth-order valence-corrected chi connectivity index (χ4v) is 2.53. The zero-order chi connectivity index (χ0) is 16.4. The zero-order valence-electron chi connectivity index (χ0n) is 13.1. The van der Waals surface area contributed by atoms with Crippen molar-refractivity contribution in [2.24, 2.45) is 0 Å². The summed E-state index contributed by atoms with van der Waals surface area (Å²) in [6.07, 6.45) is 5.34. The average Bonchev–Trinajstić information content (AvgIpc) is 3.10. The number of aromatic nitrogens is 2. The van der Waals surface area contributed by atoms with Crippen LogP contribution in [0, 0.1) is 0 Å². The van der Waals surface area contributed by atoms with Crippen molar-refractivity contribution in [3.05, 3.63) is 67.1 Å². The lowest BCUT2D eigenvalue weighted by atomic mass is 10.1. The summed E-state index contributed by atoms with van der Waals surface area (Å²) in [5.41, 5.74) is 1.83. The number of hydrogen-bond acceptors (Lipinski definition) is 5. The van der Waals surface area contributed by atoms with Gasteiger partial charge in [-0.05, 0) is 29.7 Å². The Kier molecular flexibility index (Phi) is 3.59. The van der Waals surface area contributed by atoms with Crippen molar-refractivity contribution < 1.29 is 9.15 Å². The van der Waals surface area contributed by atoms with E-state index in [4.69, 9.17) is 9.15 Å². The first-order valence-electron chi connectivity index (χ1n) is 7.53. The number of anilines is 2. The van der Waals surface area contributed by atoms with E-state index >= 15 is 0 Å². The molecule has 2 heterocycles. The van der Waals surface area contributed by atoms with Gasteiger partial charge in [-0.2, -0.15) is 0 Å². The van der Waals surface area contributed by atoms with Crippen molar-refractivity contribution in [1.29, 1.82) is 0 Å². The summed E-state index contributed by atoms with van der Waals surface area (Å²) in [5, 5.41) is 5.34. The molecule has 0 spiro atoms. The van der Waals surface area contributed by atoms with E-state index in [-0.39, 0.29) is 0 Å². The predicted molar refractivity (Wildman–Crippen MR) is 93.5 cm³/mol. The van der Waals surface area contributed by atoms with Crippen molar-refractivity contribution in [2.45, 2.75) is 0 Å². The number of nitrogens with zero attached hydrogens (tertiary/aromatic N) is 2. The van der Waals surface area contributed by atoms with E-state index in [1.54, 1.807) is 19.5 Å². The molecule has 0 saturated heterocycles. The van der Waals surface area contributed by atoms with Gasteiger partial charge in [-0.1, -0.05) is 18.2 Å². The Labute approximate surface area is 138 Å². The molecule has 0 amide bonds. The van der Waals surface area contributed by atoms with Gasteiger partial charge in [0.05, 0.1) is 13.3 Å². The molecule has 0 saturated carbocycles. The highest BCUT2D eigenvalue weighted by Gasteiger charge is 2.08. The molecule has 0 radical (unpaired) electrons. The van der Waals surface area contributed by atoms with Crippen LogP contribution in [0.25, 0.3) is 22.1 Å². The van der Waals surface area contributed by atoms with Gasteiger partial charge in [-0.3, -0.25) is 4.98 Å². The van der Waals surface area contributed by atoms with Crippen LogP contribution in [0.15, 0.2) is 71.5 Å². The fraction of sp³-hybridized carbons (Fsp3) is 0.0526. The fourth-order valence-electron chi connectivity index (χ4n) is 2.53. The standard InChI is InChI=1S/C19H15N3O2/c1-23-17-4-2-3-16(10-17)22-19-21-12-18(24-19)14-5-6-15-11-20-8-7-13(15)9-14/h2-12H,1H3,(H,21,22). The van der Waals surface area contributed by atoms with Crippen LogP contribution in [-0.2, 0) is 0 Å². The van der Waals surface area contributed by atoms with Gasteiger partial charge in [0.2, 0.25) is 0 Å². The van der Waals surface area contributed by atoms with Crippen LogP contribution in [-0.4, -0.2) is 17.1 Å². The second-order valence-corrected chi connectivity index (χ2v) is 5.32. The number of oxazole rings is 1. The maximum atomic E-state index is 5.82. The highest BCUT2D eigenvalue weighted by atomic mass is 16.5. The van der Waals surface area contributed by atoms with Gasteiger partial charge < -0.3 is 14.5 Å². The molecular formula is C19H15N3O2. The maximum absolute atomic E-state index is 5.82. The molecule has 4 rings (SSSR count). The molecule has 118 valence electrons. The highest BCUT2D eigenvalue weighted by molar-refractivity contribution is 5.85. The van der Waals surface area contributed by atoms with Crippen LogP contribution in [0.5, 0.6) is 5.75 Å². The van der Waals surface area contributed by atoms with Gasteiger partial charge in [0, 0.05) is 35.1 Å². The monoisotopic (exact) mass is 317 g/mol. The van der Waals surface area contributed by atoms with E-state index < -0.39 is 0 Å². The minimum Gasteiger partial charge on any atom is -0.497 e. The Morgan fingerprint density at radius 3 is 2.88 bits per heavy atom. The topological polar surface area (TPSA) is 60.2 Å². The predicted octanol–water partition coefficient (Wildman–Crippen LogP) is 4.64. The Morgan fingerprint density at radius 2 is 1.96 bits per heavy atom. The molecule has 0 atom stereocenters. The Morgan fingerprint density at radius 1 is 1.00 bits per heavy atom. The summed E-state index contributed by atoms with van der Waals surface area (Å²) < 4.78 is 11.0. The molecule has 0 unspecified atom stereocenters. The van der Waals surface area contributed by atoms with Gasteiger partial charge in [0.25, 0.3) is 6.01 Å². The van der Waals surface area contributed by atoms with Crippen LogP contribution in [0.3, 0.4) is 0 Å². The summed E-state index contributed by atoms with van der Waals surface area (Å²) in [5.74, 6) is 1.48. The van der Waals surface area contributed by atoms with E-state index in [1.165, 1.54) is 0 Å². The van der Waals surface area contributed by atoms with Crippen LogP contribution < -0.4 is 10.1 Å². The lowest BCUT2D eigenvalue weighted by Crippen LogP contribution is -1.90. The van der Waals surface area contributed by atoms with Crippen LogP contribution in [0.4, 0.5) is 11.7 Å². The number of methoxy groups -OCH3 is 1. The van der Waals surface area contributed by atoms with Crippen molar-refractivity contribution in [3.63, 3.8) is 0 Å². The van der Waals surface area contributed by atoms with Crippen LogP contribution in [0.2, 0.25) is 0 Å². The van der Waals surface area contributed by atoms with E-state index in [0.29, 0.717) is 11.8 Å². The Bertz CT molecular complexity index is 995. The Balaban J connectivity index is 1.61. The van der Waals surface area contributed by atoms with Crippen LogP contribution in [0.1, 0.15) is 0 Å². The minimum atomic E-state index is 0.438. The summed E-state index contributed by atoms with van der Waals surface area (Å²) >= 11 is 0. The van der Waals surface area contributed by atoms with E-state index in [1.807, 2.05) is 48.7 Å². The number of hydrogen-bond donors (Lipinski definition) is 1. The smallest absolute Gasteiger partial charge is 0.299 e. The third-order valence-corrected chi connectivity index (χ3v) is 3.75. The van der Waals surface area contributed by atoms with Crippen LogP contribution >= 0.6 is 0 Å². The third kappa shape index (κ3) is 2.79. The molecule has 24 heavy (non-hydrogen) atoms. The SMILES string of the molecule is COc1cccc(Nc2ncc(-c3ccc4cnccc4c3)o2)c1. The van der Waals surface area contributed by atoms with Crippen molar-refractivity contribution in [1.82, 2.24) is 9.97 Å². The van der Waals surface area contributed by atoms with Gasteiger partial charge in [0.15, 0.2) is 5.76 Å². The molecule has 5 nitrogen and oxygen atoms in total. The molecule has 4 aromatic rings. The number of fused-ring (bicyclic) bond motifs is 1. The van der Waals surface area contributed by atoms with Gasteiger partial charge in [0.1, 0.15) is 5.75 Å². The molecule has 5 heteroatoms. The van der Waals surface area contributed by atoms with Crippen molar-refractivity contribution in [3.8, 4) is 17.1 Å². The largest absolute Gasteiger partial charge is 0.497 e. The summed E-state index contributed by atoms with van der Waals surface area (Å²) in [6, 6.07) is 16.1. The lowest BCUT2D eigenvalue weighted by molar-refractivity contribution is 0.415. The van der Waals surface area contributed by atoms with Crippen molar-refractivity contribution in [2.75, 3.05) is 12.4 Å². The molecule has 0 aliphatic heterocycles. The summed E-state index contributed by atoms with van der Waals surface area (Å²) in [6.45, 7) is 0. The summed E-state index contributed by atoms with van der Waals surface area (Å²) in [7, 11) is 1.64. The zero-order valence-corrected chi connectivity index (χ0v) is 13.1. The molecule has 0 bridgehead atoms. The molecule has 0 fully saturated rings. The molecule has 1 N–H and O–H groups in total. The molecule has 2 aromatic carbocycles. The molecule has 0 aliphatic carbocycles. The van der Waals surface area contributed by atoms with Gasteiger partial charge in [-0.25, -0.2) is 4.98 Å². The lowest BCUT2D eigenvalue weighted by Gasteiger charge is -2.04. The first-order chi connectivity index (χ1) is 11.8. The first kappa shape index (κ1) is 14.3. The average molecular weight is 317 g/mol. The van der Waals surface area contributed by atoms with Gasteiger partial charge >= 0.3 is 0 Å². The number of nitrogens with one attached hydrogen (secondary N) is 1. The number of pyridine rings is 1. The van der Waals surface area contributed by atoms with E-state index in [2.05, 4.69) is 21.4 Å².